The Bertz CT molecular complexity index is 653. The second-order valence-electron chi connectivity index (χ2n) is 4.89. The molecule has 2 aromatic rings. The van der Waals surface area contributed by atoms with Crippen LogP contribution < -0.4 is 5.73 Å². The fourth-order valence-corrected chi connectivity index (χ4v) is 1.98. The maximum absolute atomic E-state index is 10.9. The molecule has 1 aromatic heterocycles. The topological polar surface area (TPSA) is 117 Å². The molecule has 2 N–H and O–H groups in total. The van der Waals surface area contributed by atoms with Gasteiger partial charge in [0.15, 0.2) is 0 Å². The number of aromatic nitrogens is 2. The van der Waals surface area contributed by atoms with Crippen molar-refractivity contribution >= 4 is 11.4 Å². The zero-order valence-electron chi connectivity index (χ0n) is 11.9. The number of ether oxygens (including phenoxy) is 1. The van der Waals surface area contributed by atoms with E-state index in [1.807, 2.05) is 13.8 Å². The maximum atomic E-state index is 10.9. The predicted octanol–water partition coefficient (Wildman–Crippen LogP) is 2.57. The van der Waals surface area contributed by atoms with E-state index < -0.39 is 4.92 Å². The smallest absolute Gasteiger partial charge is 0.292 e. The molecule has 1 atom stereocenters. The average Bonchev–Trinajstić information content (AvgIpc) is 2.88. The Morgan fingerprint density at radius 1 is 1.43 bits per heavy atom. The van der Waals surface area contributed by atoms with E-state index in [9.17, 15) is 10.1 Å². The molecule has 1 heterocycles. The van der Waals surface area contributed by atoms with Gasteiger partial charge in [-0.3, -0.25) is 10.1 Å². The molecule has 8 heteroatoms. The lowest BCUT2D eigenvalue weighted by molar-refractivity contribution is -0.383. The predicted molar refractivity (Wildman–Crippen MR) is 75.4 cm³/mol. The van der Waals surface area contributed by atoms with Crippen LogP contribution in [-0.4, -0.2) is 22.2 Å². The van der Waals surface area contributed by atoms with Gasteiger partial charge in [-0.15, -0.1) is 0 Å². The lowest BCUT2D eigenvalue weighted by Crippen LogP contribution is -2.10. The van der Waals surface area contributed by atoms with E-state index >= 15 is 0 Å². The number of nitrogens with two attached hydrogens (primary N) is 1. The van der Waals surface area contributed by atoms with Crippen LogP contribution in [0, 0.1) is 16.0 Å². The van der Waals surface area contributed by atoms with Crippen LogP contribution in [0.2, 0.25) is 0 Å². The Balaban J connectivity index is 2.38. The molecule has 0 fully saturated rings. The Kier molecular flexibility index (Phi) is 4.18. The van der Waals surface area contributed by atoms with E-state index in [0.29, 0.717) is 11.4 Å². The van der Waals surface area contributed by atoms with Crippen molar-refractivity contribution in [2.24, 2.45) is 5.92 Å². The fourth-order valence-electron chi connectivity index (χ4n) is 1.98. The number of anilines is 1. The molecule has 0 aliphatic heterocycles. The summed E-state index contributed by atoms with van der Waals surface area (Å²) < 4.78 is 10.5. The number of methoxy groups -OCH3 is 1. The summed E-state index contributed by atoms with van der Waals surface area (Å²) in [5.74, 6) is 0.763. The molecule has 0 saturated heterocycles. The van der Waals surface area contributed by atoms with Gasteiger partial charge >= 0.3 is 0 Å². The minimum absolute atomic E-state index is 0.0837. The van der Waals surface area contributed by atoms with Gasteiger partial charge in [-0.2, -0.15) is 4.98 Å². The maximum Gasteiger partial charge on any atom is 0.292 e. The van der Waals surface area contributed by atoms with Crippen LogP contribution in [0.5, 0.6) is 0 Å². The first kappa shape index (κ1) is 14.9. The van der Waals surface area contributed by atoms with E-state index in [1.165, 1.54) is 12.1 Å². The van der Waals surface area contributed by atoms with Gasteiger partial charge in [-0.1, -0.05) is 19.0 Å². The van der Waals surface area contributed by atoms with Gasteiger partial charge in [0.1, 0.15) is 11.8 Å². The van der Waals surface area contributed by atoms with Crippen molar-refractivity contribution in [3.05, 3.63) is 34.1 Å². The number of nitrogen functional groups attached to an aromatic ring is 1. The summed E-state index contributed by atoms with van der Waals surface area (Å²) in [6.07, 6.45) is -0.300. The quantitative estimate of drug-likeness (QED) is 0.511. The summed E-state index contributed by atoms with van der Waals surface area (Å²) in [5.41, 5.74) is 5.88. The number of nitro groups is 1. The third kappa shape index (κ3) is 3.00. The highest BCUT2D eigenvalue weighted by Crippen LogP contribution is 2.29. The van der Waals surface area contributed by atoms with E-state index in [-0.39, 0.29) is 29.3 Å². The molecule has 0 amide bonds. The Hall–Kier alpha value is -2.48. The first-order chi connectivity index (χ1) is 9.93. The summed E-state index contributed by atoms with van der Waals surface area (Å²) in [6, 6.07) is 4.34. The lowest BCUT2D eigenvalue weighted by Gasteiger charge is -2.14. The van der Waals surface area contributed by atoms with Gasteiger partial charge in [0, 0.05) is 18.7 Å². The van der Waals surface area contributed by atoms with Crippen LogP contribution in [0.4, 0.5) is 11.4 Å². The minimum Gasteiger partial charge on any atom is -0.393 e. The van der Waals surface area contributed by atoms with Gasteiger partial charge in [0.05, 0.1) is 4.92 Å². The van der Waals surface area contributed by atoms with Gasteiger partial charge < -0.3 is 15.0 Å². The summed E-state index contributed by atoms with van der Waals surface area (Å²) >= 11 is 0. The van der Waals surface area contributed by atoms with Crippen LogP contribution >= 0.6 is 0 Å². The van der Waals surface area contributed by atoms with Gasteiger partial charge in [-0.05, 0) is 18.1 Å². The second-order valence-corrected chi connectivity index (χ2v) is 4.89. The number of nitrogens with zero attached hydrogens (tertiary/aromatic N) is 3. The van der Waals surface area contributed by atoms with Crippen LogP contribution in [-0.2, 0) is 4.74 Å². The van der Waals surface area contributed by atoms with Crippen LogP contribution in [0.15, 0.2) is 22.7 Å². The molecule has 0 saturated carbocycles. The fraction of sp³-hybridized carbons (Fsp3) is 0.385. The van der Waals surface area contributed by atoms with Gasteiger partial charge in [-0.25, -0.2) is 0 Å². The highest BCUT2D eigenvalue weighted by Gasteiger charge is 2.23. The summed E-state index contributed by atoms with van der Waals surface area (Å²) in [7, 11) is 1.56. The normalized spacial score (nSPS) is 12.6. The molecule has 0 bridgehead atoms. The Morgan fingerprint density at radius 2 is 2.14 bits per heavy atom. The highest BCUT2D eigenvalue weighted by molar-refractivity contribution is 5.67. The number of hydrogen-bond donors (Lipinski definition) is 1. The molecule has 1 unspecified atom stereocenters. The van der Waals surface area contributed by atoms with Crippen molar-refractivity contribution in [2.45, 2.75) is 20.0 Å². The van der Waals surface area contributed by atoms with Crippen molar-refractivity contribution in [1.29, 1.82) is 0 Å². The van der Waals surface area contributed by atoms with Gasteiger partial charge in [0.25, 0.3) is 11.6 Å². The first-order valence-electron chi connectivity index (χ1n) is 6.34. The molecule has 2 rings (SSSR count). The highest BCUT2D eigenvalue weighted by atomic mass is 16.6. The Labute approximate surface area is 121 Å². The van der Waals surface area contributed by atoms with Crippen molar-refractivity contribution in [2.75, 3.05) is 12.8 Å². The average molecular weight is 292 g/mol. The number of nitro benzene ring substituents is 1. The molecule has 1 aromatic carbocycles. The van der Waals surface area contributed by atoms with Crippen LogP contribution in [0.3, 0.4) is 0 Å². The van der Waals surface area contributed by atoms with Crippen molar-refractivity contribution in [1.82, 2.24) is 10.1 Å². The molecule has 0 aliphatic carbocycles. The number of benzene rings is 1. The summed E-state index contributed by atoms with van der Waals surface area (Å²) in [6.45, 7) is 3.94. The SMILES string of the molecule is COC(c1noc(-c2ccc(N)c([N+](=O)[O-])c2)n1)C(C)C. The lowest BCUT2D eigenvalue weighted by atomic mass is 10.1. The zero-order valence-corrected chi connectivity index (χ0v) is 11.9. The first-order valence-corrected chi connectivity index (χ1v) is 6.34. The molecule has 112 valence electrons. The minimum atomic E-state index is -0.553. The molecule has 0 radical (unpaired) electrons. The van der Waals surface area contributed by atoms with Crippen molar-refractivity contribution < 1.29 is 14.2 Å². The largest absolute Gasteiger partial charge is 0.393 e. The van der Waals surface area contributed by atoms with E-state index in [2.05, 4.69) is 10.1 Å². The van der Waals surface area contributed by atoms with E-state index in [1.54, 1.807) is 13.2 Å². The Morgan fingerprint density at radius 3 is 2.71 bits per heavy atom. The molecule has 8 nitrogen and oxygen atoms in total. The van der Waals surface area contributed by atoms with Crippen molar-refractivity contribution in [3.63, 3.8) is 0 Å². The van der Waals surface area contributed by atoms with Crippen LogP contribution in [0.25, 0.3) is 11.5 Å². The zero-order chi connectivity index (χ0) is 15.6. The molecule has 0 aliphatic rings. The van der Waals surface area contributed by atoms with Crippen LogP contribution in [0.1, 0.15) is 25.8 Å². The summed E-state index contributed by atoms with van der Waals surface area (Å²) in [5, 5.41) is 14.8. The summed E-state index contributed by atoms with van der Waals surface area (Å²) in [4.78, 5) is 14.6. The van der Waals surface area contributed by atoms with E-state index in [0.717, 1.165) is 0 Å². The number of hydrogen-bond acceptors (Lipinski definition) is 7. The molecular formula is C13H16N4O4. The third-order valence-electron chi connectivity index (χ3n) is 3.03. The standard InChI is InChI=1S/C13H16N4O4/c1-7(2)11(20-3)12-15-13(21-16-12)8-4-5-9(14)10(6-8)17(18)19/h4-7,11H,14H2,1-3H3. The van der Waals surface area contributed by atoms with Gasteiger partial charge in [0.2, 0.25) is 5.82 Å². The number of rotatable bonds is 5. The van der Waals surface area contributed by atoms with E-state index in [4.69, 9.17) is 15.0 Å². The molecule has 21 heavy (non-hydrogen) atoms. The third-order valence-corrected chi connectivity index (χ3v) is 3.03. The molecule has 0 spiro atoms. The molecular weight excluding hydrogens is 276 g/mol. The second kappa shape index (κ2) is 5.88. The monoisotopic (exact) mass is 292 g/mol. The van der Waals surface area contributed by atoms with Crippen molar-refractivity contribution in [3.8, 4) is 11.5 Å².